The molecule has 0 saturated heterocycles. The van der Waals surface area contributed by atoms with Crippen LogP contribution in [0, 0.1) is 0 Å². The van der Waals surface area contributed by atoms with Gasteiger partial charge in [0.2, 0.25) is 30.1 Å². The van der Waals surface area contributed by atoms with Gasteiger partial charge in [0.25, 0.3) is 0 Å². The Kier molecular flexibility index (Phi) is 11.1. The number of nitrogens with one attached hydrogen (secondary N) is 1. The number of hydrogen-bond acceptors (Lipinski definition) is 6. The van der Waals surface area contributed by atoms with E-state index in [9.17, 15) is 25.3 Å². The molecule has 0 saturated carbocycles. The van der Waals surface area contributed by atoms with Gasteiger partial charge in [0.05, 0.1) is 15.7 Å². The van der Waals surface area contributed by atoms with Crippen molar-refractivity contribution in [3.63, 3.8) is 0 Å². The maximum atomic E-state index is 12.6. The van der Waals surface area contributed by atoms with Crippen molar-refractivity contribution in [2.45, 2.75) is 70.1 Å². The molecule has 1 N–H and O–H groups in total. The van der Waals surface area contributed by atoms with Crippen LogP contribution < -0.4 is 4.72 Å². The molecule has 0 aromatic carbocycles. The summed E-state index contributed by atoms with van der Waals surface area (Å²) in [4.78, 5) is 0. The van der Waals surface area contributed by atoms with E-state index in [4.69, 9.17) is 0 Å². The molecule has 0 heterocycles. The van der Waals surface area contributed by atoms with E-state index < -0.39 is 45.8 Å². The molecule has 0 radical (unpaired) electrons. The van der Waals surface area contributed by atoms with Crippen LogP contribution in [-0.2, 0) is 30.1 Å². The summed E-state index contributed by atoms with van der Waals surface area (Å²) in [6.07, 6.45) is 0.313. The van der Waals surface area contributed by atoms with Crippen molar-refractivity contribution in [1.82, 2.24) is 13.3 Å². The van der Waals surface area contributed by atoms with Crippen LogP contribution in [0.3, 0.4) is 0 Å². The largest absolute Gasteiger partial charge is 0.216 e. The van der Waals surface area contributed by atoms with Crippen LogP contribution in [0.1, 0.15) is 54.4 Å². The van der Waals surface area contributed by atoms with Gasteiger partial charge in [-0.15, -0.1) is 0 Å². The van der Waals surface area contributed by atoms with E-state index in [-0.39, 0.29) is 25.9 Å². The summed E-state index contributed by atoms with van der Waals surface area (Å²) in [5.41, 5.74) is 0. The first kappa shape index (κ1) is 27.7. The molecule has 170 valence electrons. The molecule has 0 aromatic heterocycles. The zero-order chi connectivity index (χ0) is 22.3. The molecule has 0 bridgehead atoms. The second-order valence-corrected chi connectivity index (χ2v) is 14.3. The molecule has 0 rings (SSSR count). The molecule has 0 amide bonds. The highest BCUT2D eigenvalue weighted by molar-refractivity contribution is 7.90. The van der Waals surface area contributed by atoms with E-state index in [2.05, 4.69) is 4.72 Å². The standard InChI is InChI=1S/C16H37N3O6S3/c1-8-19(9-2)28(24,25)16(6)11-13-18(7)27(22,23)15(5)10-12-17-26(20,21)14(3)4/h14-17H,8-13H2,1-7H3. The van der Waals surface area contributed by atoms with Crippen LogP contribution in [0.5, 0.6) is 0 Å². The summed E-state index contributed by atoms with van der Waals surface area (Å²) in [6.45, 7) is 10.6. The number of hydrogen-bond donors (Lipinski definition) is 1. The fraction of sp³-hybridized carbons (Fsp3) is 1.00. The van der Waals surface area contributed by atoms with Crippen LogP contribution in [0.25, 0.3) is 0 Å². The lowest BCUT2D eigenvalue weighted by atomic mass is 10.3. The van der Waals surface area contributed by atoms with E-state index in [1.165, 1.54) is 18.3 Å². The van der Waals surface area contributed by atoms with E-state index in [0.29, 0.717) is 13.1 Å². The van der Waals surface area contributed by atoms with E-state index in [1.807, 2.05) is 0 Å². The highest BCUT2D eigenvalue weighted by Crippen LogP contribution is 2.16. The van der Waals surface area contributed by atoms with Gasteiger partial charge < -0.3 is 0 Å². The second-order valence-electron chi connectivity index (χ2n) is 7.18. The average molecular weight is 464 g/mol. The molecule has 28 heavy (non-hydrogen) atoms. The fourth-order valence-corrected chi connectivity index (χ4v) is 6.26. The van der Waals surface area contributed by atoms with Crippen molar-refractivity contribution >= 4 is 30.1 Å². The van der Waals surface area contributed by atoms with Gasteiger partial charge >= 0.3 is 0 Å². The Balaban J connectivity index is 4.84. The molecule has 0 fully saturated rings. The summed E-state index contributed by atoms with van der Waals surface area (Å²) >= 11 is 0. The van der Waals surface area contributed by atoms with Crippen molar-refractivity contribution in [1.29, 1.82) is 0 Å². The molecule has 0 spiro atoms. The highest BCUT2D eigenvalue weighted by Gasteiger charge is 2.30. The fourth-order valence-electron chi connectivity index (χ4n) is 2.50. The van der Waals surface area contributed by atoms with Gasteiger partial charge in [0.1, 0.15) is 0 Å². The van der Waals surface area contributed by atoms with Gasteiger partial charge in [0, 0.05) is 33.2 Å². The zero-order valence-electron chi connectivity index (χ0n) is 18.0. The summed E-state index contributed by atoms with van der Waals surface area (Å²) in [6, 6.07) is 0. The first-order valence-electron chi connectivity index (χ1n) is 9.57. The van der Waals surface area contributed by atoms with Gasteiger partial charge in [-0.25, -0.2) is 38.6 Å². The monoisotopic (exact) mass is 463 g/mol. The van der Waals surface area contributed by atoms with Crippen LogP contribution in [0.15, 0.2) is 0 Å². The second kappa shape index (κ2) is 11.2. The van der Waals surface area contributed by atoms with Gasteiger partial charge in [-0.05, 0) is 40.5 Å². The third kappa shape index (κ3) is 7.52. The smallest absolute Gasteiger partial charge is 0.215 e. The predicted molar refractivity (Wildman–Crippen MR) is 114 cm³/mol. The van der Waals surface area contributed by atoms with Gasteiger partial charge in [0.15, 0.2) is 0 Å². The summed E-state index contributed by atoms with van der Waals surface area (Å²) in [7, 11) is -9.15. The molecule has 0 aliphatic heterocycles. The average Bonchev–Trinajstić information content (AvgIpc) is 2.59. The first-order valence-corrected chi connectivity index (χ1v) is 14.1. The Morgan fingerprint density at radius 2 is 1.25 bits per heavy atom. The van der Waals surface area contributed by atoms with Crippen molar-refractivity contribution in [3.05, 3.63) is 0 Å². The minimum absolute atomic E-state index is 0.0293. The molecule has 0 aliphatic rings. The molecule has 12 heteroatoms. The lowest BCUT2D eigenvalue weighted by molar-refractivity contribution is 0.418. The third-order valence-corrected chi connectivity index (χ3v) is 11.5. The molecule has 0 aromatic rings. The van der Waals surface area contributed by atoms with Crippen molar-refractivity contribution in [2.75, 3.05) is 33.2 Å². The molecule has 2 atom stereocenters. The Hall–Kier alpha value is -0.270. The Bertz CT molecular complexity index is 774. The van der Waals surface area contributed by atoms with Crippen LogP contribution in [-0.4, -0.2) is 82.8 Å². The summed E-state index contributed by atoms with van der Waals surface area (Å²) in [5.74, 6) is 0. The van der Waals surface area contributed by atoms with E-state index in [0.717, 1.165) is 4.31 Å². The van der Waals surface area contributed by atoms with Crippen molar-refractivity contribution in [2.24, 2.45) is 0 Å². The molecule has 2 unspecified atom stereocenters. The van der Waals surface area contributed by atoms with E-state index >= 15 is 0 Å². The topological polar surface area (TPSA) is 121 Å². The highest BCUT2D eigenvalue weighted by atomic mass is 32.2. The van der Waals surface area contributed by atoms with Crippen molar-refractivity contribution in [3.8, 4) is 0 Å². The summed E-state index contributed by atoms with van der Waals surface area (Å²) < 4.78 is 78.6. The number of rotatable bonds is 14. The van der Waals surface area contributed by atoms with Gasteiger partial charge in [-0.1, -0.05) is 13.8 Å². The van der Waals surface area contributed by atoms with Crippen LogP contribution in [0.2, 0.25) is 0 Å². The Morgan fingerprint density at radius 3 is 1.68 bits per heavy atom. The quantitative estimate of drug-likeness (QED) is 0.407. The third-order valence-electron chi connectivity index (χ3n) is 4.84. The normalized spacial score (nSPS) is 16.1. The maximum absolute atomic E-state index is 12.6. The SMILES string of the molecule is CCN(CC)S(=O)(=O)C(C)CCN(C)S(=O)(=O)C(C)CCNS(=O)(=O)C(C)C. The van der Waals surface area contributed by atoms with E-state index in [1.54, 1.807) is 34.6 Å². The number of sulfonamides is 3. The zero-order valence-corrected chi connectivity index (χ0v) is 20.5. The van der Waals surface area contributed by atoms with Gasteiger partial charge in [-0.3, -0.25) is 0 Å². The Morgan fingerprint density at radius 1 is 0.786 bits per heavy atom. The van der Waals surface area contributed by atoms with Gasteiger partial charge in [-0.2, -0.15) is 0 Å². The molecule has 0 aliphatic carbocycles. The molecular formula is C16H37N3O6S3. The molecule has 9 nitrogen and oxygen atoms in total. The predicted octanol–water partition coefficient (Wildman–Crippen LogP) is 0.805. The van der Waals surface area contributed by atoms with Crippen LogP contribution in [0.4, 0.5) is 0 Å². The minimum atomic E-state index is -3.66. The molecular weight excluding hydrogens is 426 g/mol. The lowest BCUT2D eigenvalue weighted by Crippen LogP contribution is -2.41. The maximum Gasteiger partial charge on any atom is 0.216 e. The Labute approximate surface area is 172 Å². The number of nitrogens with zero attached hydrogens (tertiary/aromatic N) is 2. The first-order chi connectivity index (χ1) is 12.6. The van der Waals surface area contributed by atoms with Crippen LogP contribution >= 0.6 is 0 Å². The minimum Gasteiger partial charge on any atom is -0.215 e. The summed E-state index contributed by atoms with van der Waals surface area (Å²) in [5, 5.41) is -2.07. The lowest BCUT2D eigenvalue weighted by Gasteiger charge is -2.26. The van der Waals surface area contributed by atoms with Crippen molar-refractivity contribution < 1.29 is 25.3 Å².